The summed E-state index contributed by atoms with van der Waals surface area (Å²) in [5.41, 5.74) is 0.252. The molecule has 1 aromatic carbocycles. The van der Waals surface area contributed by atoms with Gasteiger partial charge in [0.25, 0.3) is 0 Å². The molecule has 21 heavy (non-hydrogen) atoms. The van der Waals surface area contributed by atoms with Crippen LogP contribution in [0.3, 0.4) is 0 Å². The summed E-state index contributed by atoms with van der Waals surface area (Å²) in [4.78, 5) is 13.6. The molecule has 1 N–H and O–H groups in total. The maximum atomic E-state index is 13.7. The molecule has 2 unspecified atom stereocenters. The van der Waals surface area contributed by atoms with Gasteiger partial charge >= 0.3 is 0 Å². The maximum Gasteiger partial charge on any atom is 0.234 e. The molecule has 3 nitrogen and oxygen atoms in total. The fraction of sp³-hybridized carbons (Fsp3) is 0.562. The molecule has 2 atom stereocenters. The number of carbonyl (C=O) groups excluding carboxylic acids is 1. The van der Waals surface area contributed by atoms with Crippen LogP contribution in [0.2, 0.25) is 0 Å². The Morgan fingerprint density at radius 2 is 1.86 bits per heavy atom. The quantitative estimate of drug-likeness (QED) is 0.875. The van der Waals surface area contributed by atoms with E-state index < -0.39 is 11.6 Å². The molecular weight excluding hydrogens is 274 g/mol. The van der Waals surface area contributed by atoms with E-state index in [1.807, 2.05) is 20.8 Å². The van der Waals surface area contributed by atoms with Crippen molar-refractivity contribution in [2.75, 3.05) is 13.6 Å². The molecule has 5 heteroatoms. The summed E-state index contributed by atoms with van der Waals surface area (Å²) in [6.07, 6.45) is 0. The van der Waals surface area contributed by atoms with Gasteiger partial charge in [-0.05, 0) is 45.0 Å². The van der Waals surface area contributed by atoms with Crippen molar-refractivity contribution in [3.05, 3.63) is 35.4 Å². The van der Waals surface area contributed by atoms with Crippen molar-refractivity contribution in [1.82, 2.24) is 10.2 Å². The number of likely N-dealkylation sites (N-methyl/N-ethyl adjacent to an activating group) is 1. The molecule has 0 aromatic heterocycles. The average molecular weight is 298 g/mol. The van der Waals surface area contributed by atoms with Crippen LogP contribution in [0.4, 0.5) is 8.78 Å². The fourth-order valence-corrected chi connectivity index (χ4v) is 1.90. The van der Waals surface area contributed by atoms with Gasteiger partial charge in [0.05, 0.1) is 6.54 Å². The highest BCUT2D eigenvalue weighted by Crippen LogP contribution is 2.22. The number of hydrogen-bond donors (Lipinski definition) is 1. The first kappa shape index (κ1) is 17.6. The molecule has 0 saturated carbocycles. The molecule has 118 valence electrons. The van der Waals surface area contributed by atoms with Crippen molar-refractivity contribution >= 4 is 5.91 Å². The summed E-state index contributed by atoms with van der Waals surface area (Å²) in [6, 6.07) is 3.05. The Bertz CT molecular complexity index is 491. The van der Waals surface area contributed by atoms with Gasteiger partial charge in [0.1, 0.15) is 11.6 Å². The second kappa shape index (κ2) is 7.50. The topological polar surface area (TPSA) is 32.3 Å². The lowest BCUT2D eigenvalue weighted by atomic mass is 10.1. The van der Waals surface area contributed by atoms with Crippen LogP contribution >= 0.6 is 0 Å². The molecular formula is C16H24F2N2O. The molecule has 1 amide bonds. The molecule has 1 aromatic rings. The van der Waals surface area contributed by atoms with Gasteiger partial charge in [-0.2, -0.15) is 0 Å². The second-order valence-electron chi connectivity index (χ2n) is 5.86. The minimum Gasteiger partial charge on any atom is -0.352 e. The number of benzene rings is 1. The zero-order chi connectivity index (χ0) is 16.2. The van der Waals surface area contributed by atoms with Gasteiger partial charge in [-0.25, -0.2) is 8.78 Å². The third-order valence-corrected chi connectivity index (χ3v) is 3.85. The number of amides is 1. The van der Waals surface area contributed by atoms with E-state index in [0.29, 0.717) is 5.92 Å². The Hall–Kier alpha value is -1.49. The highest BCUT2D eigenvalue weighted by Gasteiger charge is 2.19. The summed E-state index contributed by atoms with van der Waals surface area (Å²) in [7, 11) is 1.72. The molecule has 1 rings (SSSR count). The summed E-state index contributed by atoms with van der Waals surface area (Å²) in [6.45, 7) is 7.88. The largest absolute Gasteiger partial charge is 0.352 e. The monoisotopic (exact) mass is 298 g/mol. The zero-order valence-corrected chi connectivity index (χ0v) is 13.3. The van der Waals surface area contributed by atoms with E-state index in [1.165, 1.54) is 6.07 Å². The van der Waals surface area contributed by atoms with E-state index in [-0.39, 0.29) is 30.1 Å². The van der Waals surface area contributed by atoms with E-state index >= 15 is 0 Å². The van der Waals surface area contributed by atoms with E-state index in [1.54, 1.807) is 18.9 Å². The molecule has 0 spiro atoms. The highest BCUT2D eigenvalue weighted by molar-refractivity contribution is 5.78. The van der Waals surface area contributed by atoms with Crippen molar-refractivity contribution in [3.8, 4) is 0 Å². The Labute approximate surface area is 125 Å². The van der Waals surface area contributed by atoms with Crippen LogP contribution in [-0.2, 0) is 4.79 Å². The van der Waals surface area contributed by atoms with Crippen molar-refractivity contribution in [1.29, 1.82) is 0 Å². The Morgan fingerprint density at radius 3 is 2.43 bits per heavy atom. The first-order chi connectivity index (χ1) is 9.72. The van der Waals surface area contributed by atoms with E-state index in [9.17, 15) is 13.6 Å². The number of nitrogens with one attached hydrogen (secondary N) is 1. The minimum absolute atomic E-state index is 0.0760. The number of rotatable bonds is 6. The standard InChI is InChI=1S/C16H24F2N2O/c1-10(2)11(3)19-16(21)9-20(5)12(4)14-8-13(17)6-7-15(14)18/h6-8,10-12H,9H2,1-5H3,(H,19,21). The first-order valence-corrected chi connectivity index (χ1v) is 7.17. The summed E-state index contributed by atoms with van der Waals surface area (Å²) in [5.74, 6) is -0.726. The third-order valence-electron chi connectivity index (χ3n) is 3.85. The van der Waals surface area contributed by atoms with Crippen LogP contribution in [0, 0.1) is 17.6 Å². The van der Waals surface area contributed by atoms with Crippen LogP contribution in [0.25, 0.3) is 0 Å². The van der Waals surface area contributed by atoms with Crippen LogP contribution < -0.4 is 5.32 Å². The van der Waals surface area contributed by atoms with Crippen LogP contribution in [-0.4, -0.2) is 30.4 Å². The van der Waals surface area contributed by atoms with E-state index in [0.717, 1.165) is 12.1 Å². The van der Waals surface area contributed by atoms with Gasteiger partial charge in [0.15, 0.2) is 0 Å². The summed E-state index contributed by atoms with van der Waals surface area (Å²) >= 11 is 0. The number of halogens is 2. The van der Waals surface area contributed by atoms with Crippen molar-refractivity contribution in [3.63, 3.8) is 0 Å². The van der Waals surface area contributed by atoms with Crippen LogP contribution in [0.15, 0.2) is 18.2 Å². The highest BCUT2D eigenvalue weighted by atomic mass is 19.1. The van der Waals surface area contributed by atoms with Crippen LogP contribution in [0.1, 0.15) is 39.3 Å². The minimum atomic E-state index is -0.482. The lowest BCUT2D eigenvalue weighted by Crippen LogP contribution is -2.42. The van der Waals surface area contributed by atoms with Gasteiger partial charge in [-0.3, -0.25) is 9.69 Å². The molecule has 0 bridgehead atoms. The SMILES string of the molecule is CC(C)C(C)NC(=O)CN(C)C(C)c1cc(F)ccc1F. The molecule has 0 aliphatic heterocycles. The molecule has 0 radical (unpaired) electrons. The predicted molar refractivity (Wildman–Crippen MR) is 79.8 cm³/mol. The van der Waals surface area contributed by atoms with Gasteiger partial charge in [0, 0.05) is 17.6 Å². The normalized spacial score (nSPS) is 14.3. The lowest BCUT2D eigenvalue weighted by molar-refractivity contribution is -0.123. The average Bonchev–Trinajstić information content (AvgIpc) is 2.40. The Morgan fingerprint density at radius 1 is 1.24 bits per heavy atom. The molecule has 0 saturated heterocycles. The first-order valence-electron chi connectivity index (χ1n) is 7.17. The molecule has 0 heterocycles. The lowest BCUT2D eigenvalue weighted by Gasteiger charge is -2.26. The predicted octanol–water partition coefficient (Wildman–Crippen LogP) is 3.12. The van der Waals surface area contributed by atoms with Gasteiger partial charge < -0.3 is 5.32 Å². The van der Waals surface area contributed by atoms with E-state index in [2.05, 4.69) is 5.32 Å². The van der Waals surface area contributed by atoms with Crippen molar-refractivity contribution in [2.45, 2.75) is 39.8 Å². The van der Waals surface area contributed by atoms with Crippen LogP contribution in [0.5, 0.6) is 0 Å². The zero-order valence-electron chi connectivity index (χ0n) is 13.3. The van der Waals surface area contributed by atoms with Crippen molar-refractivity contribution < 1.29 is 13.6 Å². The summed E-state index contributed by atoms with van der Waals surface area (Å²) < 4.78 is 27.0. The van der Waals surface area contributed by atoms with E-state index in [4.69, 9.17) is 0 Å². The fourth-order valence-electron chi connectivity index (χ4n) is 1.90. The number of carbonyl (C=O) groups is 1. The molecule has 0 aliphatic carbocycles. The van der Waals surface area contributed by atoms with Gasteiger partial charge in [0.2, 0.25) is 5.91 Å². The summed E-state index contributed by atoms with van der Waals surface area (Å²) in [5, 5.41) is 2.89. The third kappa shape index (κ3) is 5.08. The van der Waals surface area contributed by atoms with Gasteiger partial charge in [-0.15, -0.1) is 0 Å². The smallest absolute Gasteiger partial charge is 0.234 e. The van der Waals surface area contributed by atoms with Gasteiger partial charge in [-0.1, -0.05) is 13.8 Å². The number of hydrogen-bond acceptors (Lipinski definition) is 2. The Kier molecular flexibility index (Phi) is 6.27. The molecule has 0 fully saturated rings. The number of nitrogens with zero attached hydrogens (tertiary/aromatic N) is 1. The Balaban J connectivity index is 2.68. The second-order valence-corrected chi connectivity index (χ2v) is 5.86. The van der Waals surface area contributed by atoms with Crippen molar-refractivity contribution in [2.24, 2.45) is 5.92 Å². The maximum absolute atomic E-state index is 13.7. The molecule has 0 aliphatic rings.